The van der Waals surface area contributed by atoms with Gasteiger partial charge in [0.2, 0.25) is 0 Å². The molecule has 0 aliphatic carbocycles. The van der Waals surface area contributed by atoms with Crippen molar-refractivity contribution < 1.29 is 26.6 Å². The average Bonchev–Trinajstić information content (AvgIpc) is 2.69. The lowest BCUT2D eigenvalue weighted by Gasteiger charge is -2.24. The van der Waals surface area contributed by atoms with Crippen LogP contribution in [0.25, 0.3) is 0 Å². The van der Waals surface area contributed by atoms with E-state index in [2.05, 4.69) is 10.6 Å². The molecular formula is C16H40N2O6Si2. The van der Waals surface area contributed by atoms with Crippen LogP contribution in [0.15, 0.2) is 0 Å². The van der Waals surface area contributed by atoms with Gasteiger partial charge in [0.15, 0.2) is 0 Å². The van der Waals surface area contributed by atoms with Crippen molar-refractivity contribution in [2.75, 3.05) is 68.8 Å². The minimum atomic E-state index is -2.41. The van der Waals surface area contributed by atoms with E-state index >= 15 is 0 Å². The first kappa shape index (κ1) is 26.1. The molecule has 8 nitrogen and oxygen atoms in total. The van der Waals surface area contributed by atoms with Gasteiger partial charge in [0.25, 0.3) is 0 Å². The summed E-state index contributed by atoms with van der Waals surface area (Å²) in [6.45, 7) is 3.96. The maximum absolute atomic E-state index is 5.41. The van der Waals surface area contributed by atoms with Gasteiger partial charge in [-0.3, -0.25) is 0 Å². The van der Waals surface area contributed by atoms with E-state index in [1.807, 2.05) is 0 Å². The zero-order valence-electron chi connectivity index (χ0n) is 17.5. The number of hydrogen-bond acceptors (Lipinski definition) is 8. The van der Waals surface area contributed by atoms with Crippen LogP contribution in [0, 0.1) is 0 Å². The van der Waals surface area contributed by atoms with Crippen LogP contribution in [0.1, 0.15) is 25.7 Å². The lowest BCUT2D eigenvalue weighted by atomic mass is 10.3. The molecule has 0 aliphatic rings. The van der Waals surface area contributed by atoms with Gasteiger partial charge in [0.05, 0.1) is 0 Å². The molecule has 0 spiro atoms. The minimum absolute atomic E-state index is 0.834. The van der Waals surface area contributed by atoms with Crippen molar-refractivity contribution in [3.63, 3.8) is 0 Å². The maximum Gasteiger partial charge on any atom is 0.500 e. The third-order valence-electron chi connectivity index (χ3n) is 4.50. The minimum Gasteiger partial charge on any atom is -0.377 e. The first-order valence-electron chi connectivity index (χ1n) is 9.30. The molecule has 0 saturated carbocycles. The fourth-order valence-corrected chi connectivity index (χ4v) is 6.17. The Balaban J connectivity index is 3.50. The summed E-state index contributed by atoms with van der Waals surface area (Å²) in [5.74, 6) is 0. The fraction of sp³-hybridized carbons (Fsp3) is 1.00. The lowest BCUT2D eigenvalue weighted by molar-refractivity contribution is 0.122. The van der Waals surface area contributed by atoms with Gasteiger partial charge in [0, 0.05) is 54.7 Å². The highest BCUT2D eigenvalue weighted by molar-refractivity contribution is 6.60. The Bertz CT molecular complexity index is 275. The summed E-state index contributed by atoms with van der Waals surface area (Å²) in [5, 5.41) is 6.92. The normalized spacial score (nSPS) is 12.7. The van der Waals surface area contributed by atoms with Crippen molar-refractivity contribution in [3.8, 4) is 0 Å². The molecule has 2 N–H and O–H groups in total. The first-order valence-corrected chi connectivity index (χ1v) is 13.2. The lowest BCUT2D eigenvalue weighted by Crippen LogP contribution is -2.43. The summed E-state index contributed by atoms with van der Waals surface area (Å²) in [6.07, 6.45) is 4.29. The van der Waals surface area contributed by atoms with E-state index in [9.17, 15) is 0 Å². The predicted molar refractivity (Wildman–Crippen MR) is 107 cm³/mol. The SMILES string of the molecule is CO[Si](CCCNCCCCNCCC[Si](OC)(OC)OC)(OC)OC. The molecule has 0 aliphatic heterocycles. The molecule has 0 aromatic carbocycles. The van der Waals surface area contributed by atoms with Crippen LogP contribution in [-0.2, 0) is 26.6 Å². The molecule has 0 amide bonds. The van der Waals surface area contributed by atoms with Gasteiger partial charge in [-0.1, -0.05) is 0 Å². The van der Waals surface area contributed by atoms with E-state index in [1.54, 1.807) is 42.7 Å². The molecule has 0 aromatic heterocycles. The second kappa shape index (κ2) is 16.1. The fourth-order valence-electron chi connectivity index (χ4n) is 2.72. The van der Waals surface area contributed by atoms with Crippen LogP contribution in [0.2, 0.25) is 12.1 Å². The quantitative estimate of drug-likeness (QED) is 0.244. The number of nitrogens with one attached hydrogen (secondary N) is 2. The van der Waals surface area contributed by atoms with E-state index in [1.165, 1.54) is 0 Å². The van der Waals surface area contributed by atoms with Crippen LogP contribution in [0.3, 0.4) is 0 Å². The zero-order valence-corrected chi connectivity index (χ0v) is 19.5. The Labute approximate surface area is 161 Å². The average molecular weight is 413 g/mol. The molecule has 0 aromatic rings. The van der Waals surface area contributed by atoms with Gasteiger partial charge < -0.3 is 37.2 Å². The van der Waals surface area contributed by atoms with Gasteiger partial charge in [-0.25, -0.2) is 0 Å². The van der Waals surface area contributed by atoms with Gasteiger partial charge >= 0.3 is 17.6 Å². The van der Waals surface area contributed by atoms with E-state index < -0.39 is 17.6 Å². The second-order valence-electron chi connectivity index (χ2n) is 6.00. The molecule has 0 unspecified atom stereocenters. The number of rotatable bonds is 19. The van der Waals surface area contributed by atoms with Crippen molar-refractivity contribution in [2.45, 2.75) is 37.8 Å². The van der Waals surface area contributed by atoms with Crippen molar-refractivity contribution in [3.05, 3.63) is 0 Å². The highest BCUT2D eigenvalue weighted by Crippen LogP contribution is 2.15. The van der Waals surface area contributed by atoms with Crippen molar-refractivity contribution >= 4 is 17.6 Å². The number of unbranched alkanes of at least 4 members (excludes halogenated alkanes) is 1. The predicted octanol–water partition coefficient (Wildman–Crippen LogP) is 1.48. The van der Waals surface area contributed by atoms with Crippen molar-refractivity contribution in [2.24, 2.45) is 0 Å². The Morgan fingerprint density at radius 3 is 1.00 bits per heavy atom. The summed E-state index contributed by atoms with van der Waals surface area (Å²) >= 11 is 0. The molecule has 0 fully saturated rings. The molecule has 0 saturated heterocycles. The second-order valence-corrected chi connectivity index (χ2v) is 12.2. The summed E-state index contributed by atoms with van der Waals surface area (Å²) in [7, 11) is 5.11. The van der Waals surface area contributed by atoms with Crippen LogP contribution in [0.4, 0.5) is 0 Å². The Morgan fingerprint density at radius 1 is 0.462 bits per heavy atom. The summed E-state index contributed by atoms with van der Waals surface area (Å²) < 4.78 is 32.4. The monoisotopic (exact) mass is 412 g/mol. The summed E-state index contributed by atoms with van der Waals surface area (Å²) in [4.78, 5) is 0. The van der Waals surface area contributed by atoms with Gasteiger partial charge in [0.1, 0.15) is 0 Å². The molecule has 26 heavy (non-hydrogen) atoms. The van der Waals surface area contributed by atoms with Gasteiger partial charge in [-0.2, -0.15) is 0 Å². The van der Waals surface area contributed by atoms with Crippen molar-refractivity contribution in [1.29, 1.82) is 0 Å². The summed E-state index contributed by atoms with van der Waals surface area (Å²) in [5.41, 5.74) is 0. The Morgan fingerprint density at radius 2 is 0.731 bits per heavy atom. The smallest absolute Gasteiger partial charge is 0.377 e. The Kier molecular flexibility index (Phi) is 16.2. The maximum atomic E-state index is 5.41. The summed E-state index contributed by atoms with van der Waals surface area (Å²) in [6, 6.07) is 1.67. The van der Waals surface area contributed by atoms with E-state index in [4.69, 9.17) is 26.6 Å². The number of hydrogen-bond donors (Lipinski definition) is 2. The molecule has 10 heteroatoms. The standard InChI is InChI=1S/C16H40N2O6Si2/c1-19-25(20-2,21-3)15-9-13-17-11-7-8-12-18-14-10-16-26(22-4,23-5)24-6/h17-18H,7-16H2,1-6H3. The van der Waals surface area contributed by atoms with Crippen LogP contribution < -0.4 is 10.6 Å². The first-order chi connectivity index (χ1) is 12.6. The molecule has 0 bridgehead atoms. The molecular weight excluding hydrogens is 372 g/mol. The van der Waals surface area contributed by atoms with E-state index in [-0.39, 0.29) is 0 Å². The van der Waals surface area contributed by atoms with Crippen LogP contribution in [0.5, 0.6) is 0 Å². The molecule has 0 heterocycles. The van der Waals surface area contributed by atoms with E-state index in [0.717, 1.165) is 64.0 Å². The highest BCUT2D eigenvalue weighted by Gasteiger charge is 2.37. The third kappa shape index (κ3) is 10.4. The molecule has 158 valence electrons. The van der Waals surface area contributed by atoms with Gasteiger partial charge in [-0.15, -0.1) is 0 Å². The third-order valence-corrected chi connectivity index (χ3v) is 10.2. The highest BCUT2D eigenvalue weighted by atomic mass is 28.4. The molecule has 0 rings (SSSR count). The Hall–Kier alpha value is 0.114. The molecule has 0 atom stereocenters. The van der Waals surface area contributed by atoms with Crippen molar-refractivity contribution in [1.82, 2.24) is 10.6 Å². The zero-order chi connectivity index (χ0) is 19.7. The van der Waals surface area contributed by atoms with E-state index in [0.29, 0.717) is 0 Å². The van der Waals surface area contributed by atoms with Crippen LogP contribution >= 0.6 is 0 Å². The topological polar surface area (TPSA) is 79.4 Å². The van der Waals surface area contributed by atoms with Crippen LogP contribution in [-0.4, -0.2) is 86.4 Å². The largest absolute Gasteiger partial charge is 0.500 e. The van der Waals surface area contributed by atoms with Gasteiger partial charge in [-0.05, 0) is 51.9 Å². The molecule has 0 radical (unpaired) electrons.